The van der Waals surface area contributed by atoms with E-state index >= 15 is 0 Å². The number of aromatic nitrogens is 2. The molecule has 9 heteroatoms. The van der Waals surface area contributed by atoms with Gasteiger partial charge in [-0.25, -0.2) is 13.1 Å². The number of aryl methyl sites for hydroxylation is 1. The summed E-state index contributed by atoms with van der Waals surface area (Å²) in [5, 5.41) is 4.08. The average Bonchev–Trinajstić information content (AvgIpc) is 2.66. The van der Waals surface area contributed by atoms with Crippen molar-refractivity contribution in [3.63, 3.8) is 0 Å². The minimum Gasteiger partial charge on any atom is -0.399 e. The summed E-state index contributed by atoms with van der Waals surface area (Å²) >= 11 is 6.47. The first-order valence-corrected chi connectivity index (χ1v) is 9.01. The monoisotopic (exact) mass is 436 g/mol. The van der Waals surface area contributed by atoms with Gasteiger partial charge >= 0.3 is 0 Å². The molecule has 0 fully saturated rings. The molecular formula is C12H14Br2N4O2S. The molecule has 0 amide bonds. The van der Waals surface area contributed by atoms with E-state index in [2.05, 4.69) is 41.7 Å². The lowest BCUT2D eigenvalue weighted by Gasteiger charge is -2.11. The van der Waals surface area contributed by atoms with Crippen molar-refractivity contribution in [2.24, 2.45) is 7.05 Å². The van der Waals surface area contributed by atoms with Crippen LogP contribution in [0.4, 0.5) is 5.69 Å². The fourth-order valence-corrected chi connectivity index (χ4v) is 5.42. The quantitative estimate of drug-likeness (QED) is 0.718. The zero-order valence-electron chi connectivity index (χ0n) is 11.4. The number of nitrogens with one attached hydrogen (secondary N) is 1. The Morgan fingerprint density at radius 2 is 1.90 bits per heavy atom. The van der Waals surface area contributed by atoms with E-state index in [1.54, 1.807) is 30.1 Å². The highest BCUT2D eigenvalue weighted by Gasteiger charge is 2.22. The van der Waals surface area contributed by atoms with E-state index in [0.717, 1.165) is 11.3 Å². The summed E-state index contributed by atoms with van der Waals surface area (Å²) in [6.45, 7) is 2.05. The highest BCUT2D eigenvalue weighted by Crippen LogP contribution is 2.32. The van der Waals surface area contributed by atoms with E-state index in [-0.39, 0.29) is 11.4 Å². The fourth-order valence-electron chi connectivity index (χ4n) is 1.80. The van der Waals surface area contributed by atoms with Crippen LogP contribution in [0.15, 0.2) is 32.2 Å². The van der Waals surface area contributed by atoms with Crippen LogP contribution in [0.3, 0.4) is 0 Å². The summed E-state index contributed by atoms with van der Waals surface area (Å²) in [5.74, 6) is 0. The molecule has 1 aromatic carbocycles. The molecule has 0 bridgehead atoms. The fraction of sp³-hybridized carbons (Fsp3) is 0.250. The smallest absolute Gasteiger partial charge is 0.243 e. The SMILES string of the molecule is Cc1c(CNS(=O)(=O)c2c(Br)cc(N)cc2Br)cnn1C. The lowest BCUT2D eigenvalue weighted by Crippen LogP contribution is -2.24. The van der Waals surface area contributed by atoms with Crippen LogP contribution in [0.2, 0.25) is 0 Å². The first-order chi connectivity index (χ1) is 9.72. The van der Waals surface area contributed by atoms with Gasteiger partial charge in [0.05, 0.1) is 6.20 Å². The number of rotatable bonds is 4. The van der Waals surface area contributed by atoms with Gasteiger partial charge in [0, 0.05) is 39.5 Å². The number of anilines is 1. The van der Waals surface area contributed by atoms with Crippen LogP contribution in [-0.2, 0) is 23.6 Å². The topological polar surface area (TPSA) is 90.0 Å². The Hall–Kier alpha value is -0.900. The van der Waals surface area contributed by atoms with Crippen molar-refractivity contribution in [2.75, 3.05) is 5.73 Å². The maximum absolute atomic E-state index is 12.4. The molecule has 114 valence electrons. The number of nitrogen functional groups attached to an aromatic ring is 1. The molecule has 6 nitrogen and oxygen atoms in total. The zero-order chi connectivity index (χ0) is 15.8. The van der Waals surface area contributed by atoms with Crippen LogP contribution in [0.1, 0.15) is 11.3 Å². The second-order valence-corrected chi connectivity index (χ2v) is 7.93. The normalized spacial score (nSPS) is 11.8. The van der Waals surface area contributed by atoms with Crippen LogP contribution < -0.4 is 10.5 Å². The molecule has 1 aromatic heterocycles. The third-order valence-corrected chi connectivity index (χ3v) is 6.36. The van der Waals surface area contributed by atoms with Crippen LogP contribution in [-0.4, -0.2) is 18.2 Å². The van der Waals surface area contributed by atoms with E-state index in [1.165, 1.54) is 0 Å². The molecule has 1 heterocycles. The van der Waals surface area contributed by atoms with Gasteiger partial charge in [-0.05, 0) is 50.9 Å². The molecule has 0 aliphatic heterocycles. The van der Waals surface area contributed by atoms with Crippen molar-refractivity contribution in [1.82, 2.24) is 14.5 Å². The van der Waals surface area contributed by atoms with E-state index < -0.39 is 10.0 Å². The molecule has 0 atom stereocenters. The number of nitrogens with two attached hydrogens (primary N) is 1. The maximum atomic E-state index is 12.4. The molecule has 0 spiro atoms. The van der Waals surface area contributed by atoms with Crippen molar-refractivity contribution < 1.29 is 8.42 Å². The number of hydrogen-bond acceptors (Lipinski definition) is 4. The molecule has 21 heavy (non-hydrogen) atoms. The lowest BCUT2D eigenvalue weighted by molar-refractivity contribution is 0.580. The Morgan fingerprint density at radius 3 is 2.38 bits per heavy atom. The Morgan fingerprint density at radius 1 is 1.33 bits per heavy atom. The van der Waals surface area contributed by atoms with Gasteiger partial charge in [0.15, 0.2) is 0 Å². The highest BCUT2D eigenvalue weighted by atomic mass is 79.9. The summed E-state index contributed by atoms with van der Waals surface area (Å²) in [4.78, 5) is 0.123. The van der Waals surface area contributed by atoms with Gasteiger partial charge in [-0.15, -0.1) is 0 Å². The molecule has 0 saturated heterocycles. The number of hydrogen-bond donors (Lipinski definition) is 2. The van der Waals surface area contributed by atoms with Crippen molar-refractivity contribution in [3.05, 3.63) is 38.5 Å². The van der Waals surface area contributed by atoms with Crippen molar-refractivity contribution in [1.29, 1.82) is 0 Å². The standard InChI is InChI=1S/C12H14Br2N4O2S/c1-7-8(5-16-18(7)2)6-17-21(19,20)12-10(13)3-9(15)4-11(12)14/h3-5,17H,6,15H2,1-2H3. The van der Waals surface area contributed by atoms with Gasteiger partial charge in [-0.1, -0.05) is 0 Å². The average molecular weight is 438 g/mol. The maximum Gasteiger partial charge on any atom is 0.243 e. The molecule has 3 N–H and O–H groups in total. The predicted molar refractivity (Wildman–Crippen MR) is 88.2 cm³/mol. The van der Waals surface area contributed by atoms with Crippen LogP contribution in [0, 0.1) is 6.92 Å². The third-order valence-electron chi connectivity index (χ3n) is 3.08. The van der Waals surface area contributed by atoms with Crippen LogP contribution in [0.25, 0.3) is 0 Å². The van der Waals surface area contributed by atoms with Gasteiger partial charge in [0.2, 0.25) is 10.0 Å². The molecule has 0 aliphatic carbocycles. The van der Waals surface area contributed by atoms with E-state index in [0.29, 0.717) is 14.6 Å². The molecule has 0 saturated carbocycles. The van der Waals surface area contributed by atoms with Crippen molar-refractivity contribution >= 4 is 47.6 Å². The zero-order valence-corrected chi connectivity index (χ0v) is 15.4. The number of benzene rings is 1. The third kappa shape index (κ3) is 3.47. The second kappa shape index (κ2) is 6.07. The molecule has 0 aliphatic rings. The first kappa shape index (κ1) is 16.5. The minimum absolute atomic E-state index is 0.123. The summed E-state index contributed by atoms with van der Waals surface area (Å²) in [6, 6.07) is 3.10. The number of sulfonamides is 1. The van der Waals surface area contributed by atoms with Gasteiger partial charge in [-0.2, -0.15) is 5.10 Å². The lowest BCUT2D eigenvalue weighted by atomic mass is 10.3. The van der Waals surface area contributed by atoms with Crippen LogP contribution >= 0.6 is 31.9 Å². The van der Waals surface area contributed by atoms with E-state index in [9.17, 15) is 8.42 Å². The largest absolute Gasteiger partial charge is 0.399 e. The summed E-state index contributed by atoms with van der Waals surface area (Å²) in [5.41, 5.74) is 7.87. The number of halogens is 2. The Labute approximate surface area is 140 Å². The summed E-state index contributed by atoms with van der Waals surface area (Å²) in [7, 11) is -1.87. The summed E-state index contributed by atoms with van der Waals surface area (Å²) in [6.07, 6.45) is 1.64. The first-order valence-electron chi connectivity index (χ1n) is 5.94. The Bertz CT molecular complexity index is 764. The van der Waals surface area contributed by atoms with Gasteiger partial charge in [0.1, 0.15) is 4.90 Å². The van der Waals surface area contributed by atoms with E-state index in [4.69, 9.17) is 5.73 Å². The van der Waals surface area contributed by atoms with E-state index in [1.807, 2.05) is 6.92 Å². The second-order valence-electron chi connectivity index (χ2n) is 4.52. The predicted octanol–water partition coefficient (Wildman–Crippen LogP) is 2.31. The Balaban J connectivity index is 2.29. The van der Waals surface area contributed by atoms with Gasteiger partial charge in [-0.3, -0.25) is 4.68 Å². The van der Waals surface area contributed by atoms with Gasteiger partial charge < -0.3 is 5.73 Å². The Kier molecular flexibility index (Phi) is 4.76. The molecule has 0 radical (unpaired) electrons. The van der Waals surface area contributed by atoms with Gasteiger partial charge in [0.25, 0.3) is 0 Å². The minimum atomic E-state index is -3.68. The molecule has 0 unspecified atom stereocenters. The van der Waals surface area contributed by atoms with Crippen molar-refractivity contribution in [2.45, 2.75) is 18.4 Å². The van der Waals surface area contributed by atoms with Crippen LogP contribution in [0.5, 0.6) is 0 Å². The molecule has 2 aromatic rings. The molecule has 2 rings (SSSR count). The summed E-state index contributed by atoms with van der Waals surface area (Å²) < 4.78 is 29.9. The van der Waals surface area contributed by atoms with Crippen molar-refractivity contribution in [3.8, 4) is 0 Å². The number of nitrogens with zero attached hydrogens (tertiary/aromatic N) is 2. The highest BCUT2D eigenvalue weighted by molar-refractivity contribution is 9.11. The molecular weight excluding hydrogens is 424 g/mol.